The van der Waals surface area contributed by atoms with E-state index in [1.54, 1.807) is 0 Å². The normalized spacial score (nSPS) is 30.7. The summed E-state index contributed by atoms with van der Waals surface area (Å²) in [6.45, 7) is 6.47. The molecule has 4 nitrogen and oxygen atoms in total. The van der Waals surface area contributed by atoms with Crippen molar-refractivity contribution >= 4 is 0 Å². The standard InChI is InChI=1S/C9H19NO3/c1-3-12-4-7(2)10-8-5-13-6-9(8)11/h7-11H,3-6H2,1-2H3. The van der Waals surface area contributed by atoms with Gasteiger partial charge in [0.1, 0.15) is 0 Å². The number of hydrogen-bond acceptors (Lipinski definition) is 4. The molecule has 0 aromatic carbocycles. The highest BCUT2D eigenvalue weighted by atomic mass is 16.5. The van der Waals surface area contributed by atoms with Crippen LogP contribution < -0.4 is 5.32 Å². The van der Waals surface area contributed by atoms with Gasteiger partial charge in [-0.2, -0.15) is 0 Å². The molecule has 78 valence electrons. The second-order valence-corrected chi connectivity index (χ2v) is 3.44. The monoisotopic (exact) mass is 189 g/mol. The van der Waals surface area contributed by atoms with Crippen LogP contribution in [0.25, 0.3) is 0 Å². The molecular weight excluding hydrogens is 170 g/mol. The lowest BCUT2D eigenvalue weighted by Gasteiger charge is -2.20. The molecule has 4 heteroatoms. The summed E-state index contributed by atoms with van der Waals surface area (Å²) in [7, 11) is 0. The Kier molecular flexibility index (Phi) is 4.66. The van der Waals surface area contributed by atoms with E-state index < -0.39 is 0 Å². The number of hydrogen-bond donors (Lipinski definition) is 2. The number of nitrogens with one attached hydrogen (secondary N) is 1. The van der Waals surface area contributed by atoms with Crippen molar-refractivity contribution in [2.75, 3.05) is 26.4 Å². The second kappa shape index (κ2) is 5.54. The summed E-state index contributed by atoms with van der Waals surface area (Å²) in [4.78, 5) is 0. The molecule has 1 heterocycles. The Morgan fingerprint density at radius 2 is 2.38 bits per heavy atom. The summed E-state index contributed by atoms with van der Waals surface area (Å²) < 4.78 is 10.4. The van der Waals surface area contributed by atoms with Gasteiger partial charge in [0.05, 0.1) is 32.0 Å². The van der Waals surface area contributed by atoms with Gasteiger partial charge in [-0.3, -0.25) is 0 Å². The van der Waals surface area contributed by atoms with Gasteiger partial charge in [0.15, 0.2) is 0 Å². The van der Waals surface area contributed by atoms with Crippen molar-refractivity contribution in [3.8, 4) is 0 Å². The lowest BCUT2D eigenvalue weighted by molar-refractivity contribution is 0.105. The number of aliphatic hydroxyl groups is 1. The molecule has 1 aliphatic heterocycles. The van der Waals surface area contributed by atoms with Crippen LogP contribution in [-0.2, 0) is 9.47 Å². The molecule has 0 aromatic rings. The van der Waals surface area contributed by atoms with E-state index in [1.807, 2.05) is 13.8 Å². The molecule has 1 fully saturated rings. The van der Waals surface area contributed by atoms with E-state index in [-0.39, 0.29) is 18.2 Å². The van der Waals surface area contributed by atoms with Gasteiger partial charge >= 0.3 is 0 Å². The van der Waals surface area contributed by atoms with Gasteiger partial charge in [-0.15, -0.1) is 0 Å². The molecule has 1 aliphatic rings. The van der Waals surface area contributed by atoms with Gasteiger partial charge in [-0.05, 0) is 13.8 Å². The Hall–Kier alpha value is -0.160. The average molecular weight is 189 g/mol. The van der Waals surface area contributed by atoms with E-state index in [4.69, 9.17) is 9.47 Å². The minimum absolute atomic E-state index is 0.0652. The van der Waals surface area contributed by atoms with E-state index in [9.17, 15) is 5.11 Å². The second-order valence-electron chi connectivity index (χ2n) is 3.44. The van der Waals surface area contributed by atoms with Gasteiger partial charge < -0.3 is 19.9 Å². The molecule has 13 heavy (non-hydrogen) atoms. The first kappa shape index (κ1) is 10.9. The van der Waals surface area contributed by atoms with Crippen LogP contribution in [0.15, 0.2) is 0 Å². The smallest absolute Gasteiger partial charge is 0.0948 e. The zero-order chi connectivity index (χ0) is 9.68. The van der Waals surface area contributed by atoms with Crippen molar-refractivity contribution in [1.82, 2.24) is 5.32 Å². The maximum Gasteiger partial charge on any atom is 0.0948 e. The lowest BCUT2D eigenvalue weighted by Crippen LogP contribution is -2.45. The molecule has 0 aliphatic carbocycles. The molecule has 3 unspecified atom stereocenters. The summed E-state index contributed by atoms with van der Waals surface area (Å²) in [6.07, 6.45) is -0.371. The van der Waals surface area contributed by atoms with E-state index in [0.29, 0.717) is 19.8 Å². The first-order valence-corrected chi connectivity index (χ1v) is 4.83. The largest absolute Gasteiger partial charge is 0.389 e. The molecule has 0 radical (unpaired) electrons. The molecule has 0 amide bonds. The van der Waals surface area contributed by atoms with Crippen molar-refractivity contribution in [3.05, 3.63) is 0 Å². The van der Waals surface area contributed by atoms with E-state index >= 15 is 0 Å². The highest BCUT2D eigenvalue weighted by Crippen LogP contribution is 2.05. The van der Waals surface area contributed by atoms with Crippen LogP contribution in [0.4, 0.5) is 0 Å². The predicted octanol–water partition coefficient (Wildman–Crippen LogP) is -0.239. The van der Waals surface area contributed by atoms with Gasteiger partial charge in [0.25, 0.3) is 0 Å². The Morgan fingerprint density at radius 1 is 1.62 bits per heavy atom. The van der Waals surface area contributed by atoms with Crippen LogP contribution in [-0.4, -0.2) is 49.7 Å². The van der Waals surface area contributed by atoms with Crippen molar-refractivity contribution in [2.24, 2.45) is 0 Å². The van der Waals surface area contributed by atoms with Crippen molar-refractivity contribution in [3.63, 3.8) is 0 Å². The fraction of sp³-hybridized carbons (Fsp3) is 1.00. The third-order valence-electron chi connectivity index (χ3n) is 2.12. The fourth-order valence-electron chi connectivity index (χ4n) is 1.41. The van der Waals surface area contributed by atoms with Crippen LogP contribution in [0.1, 0.15) is 13.8 Å². The topological polar surface area (TPSA) is 50.7 Å². The van der Waals surface area contributed by atoms with E-state index in [0.717, 1.165) is 6.61 Å². The summed E-state index contributed by atoms with van der Waals surface area (Å²) in [5, 5.41) is 12.7. The van der Waals surface area contributed by atoms with Crippen LogP contribution in [0.2, 0.25) is 0 Å². The average Bonchev–Trinajstić information content (AvgIpc) is 2.48. The van der Waals surface area contributed by atoms with Gasteiger partial charge in [0.2, 0.25) is 0 Å². The maximum absolute atomic E-state index is 9.43. The fourth-order valence-corrected chi connectivity index (χ4v) is 1.41. The first-order valence-electron chi connectivity index (χ1n) is 4.83. The third-order valence-corrected chi connectivity index (χ3v) is 2.12. The zero-order valence-electron chi connectivity index (χ0n) is 8.32. The highest BCUT2D eigenvalue weighted by molar-refractivity contribution is 4.82. The lowest BCUT2D eigenvalue weighted by atomic mass is 10.2. The minimum Gasteiger partial charge on any atom is -0.389 e. The first-order chi connectivity index (χ1) is 6.24. The zero-order valence-corrected chi connectivity index (χ0v) is 8.32. The molecule has 3 atom stereocenters. The van der Waals surface area contributed by atoms with Gasteiger partial charge in [0, 0.05) is 12.6 Å². The predicted molar refractivity (Wildman–Crippen MR) is 49.7 cm³/mol. The molecule has 2 N–H and O–H groups in total. The molecule has 0 saturated carbocycles. The van der Waals surface area contributed by atoms with Crippen molar-refractivity contribution in [1.29, 1.82) is 0 Å². The Labute approximate surface area is 79.2 Å². The van der Waals surface area contributed by atoms with Crippen molar-refractivity contribution < 1.29 is 14.6 Å². The molecule has 1 saturated heterocycles. The molecule has 0 aromatic heterocycles. The maximum atomic E-state index is 9.43. The number of aliphatic hydroxyl groups excluding tert-OH is 1. The Balaban J connectivity index is 2.15. The summed E-state index contributed by atoms with van der Waals surface area (Å²) >= 11 is 0. The van der Waals surface area contributed by atoms with E-state index in [2.05, 4.69) is 5.32 Å². The molecule has 1 rings (SSSR count). The molecule has 0 spiro atoms. The summed E-state index contributed by atoms with van der Waals surface area (Å²) in [5.74, 6) is 0. The Bertz CT molecular complexity index is 143. The molecule has 0 bridgehead atoms. The number of ether oxygens (including phenoxy) is 2. The van der Waals surface area contributed by atoms with Crippen LogP contribution in [0, 0.1) is 0 Å². The summed E-state index contributed by atoms with van der Waals surface area (Å²) in [5.41, 5.74) is 0. The van der Waals surface area contributed by atoms with E-state index in [1.165, 1.54) is 0 Å². The Morgan fingerprint density at radius 3 is 2.92 bits per heavy atom. The van der Waals surface area contributed by atoms with Gasteiger partial charge in [-0.1, -0.05) is 0 Å². The minimum atomic E-state index is -0.371. The van der Waals surface area contributed by atoms with Crippen molar-refractivity contribution in [2.45, 2.75) is 32.0 Å². The number of rotatable bonds is 5. The highest BCUT2D eigenvalue weighted by Gasteiger charge is 2.26. The van der Waals surface area contributed by atoms with Gasteiger partial charge in [-0.25, -0.2) is 0 Å². The molecular formula is C9H19NO3. The van der Waals surface area contributed by atoms with Crippen LogP contribution >= 0.6 is 0 Å². The summed E-state index contributed by atoms with van der Waals surface area (Å²) in [6, 6.07) is 0.330. The SMILES string of the molecule is CCOCC(C)NC1COCC1O. The quantitative estimate of drug-likeness (QED) is 0.627. The van der Waals surface area contributed by atoms with Crippen LogP contribution in [0.3, 0.4) is 0 Å². The third kappa shape index (κ3) is 3.60. The van der Waals surface area contributed by atoms with Crippen LogP contribution in [0.5, 0.6) is 0 Å².